The summed E-state index contributed by atoms with van der Waals surface area (Å²) in [5.41, 5.74) is 2.23. The molecule has 0 fully saturated rings. The van der Waals surface area contributed by atoms with Crippen LogP contribution in [0.15, 0.2) is 60.8 Å². The van der Waals surface area contributed by atoms with E-state index in [0.717, 1.165) is 11.1 Å². The first-order chi connectivity index (χ1) is 13.1. The Balaban J connectivity index is 1.52. The number of aromatic nitrogens is 2. The number of halogens is 2. The van der Waals surface area contributed by atoms with Gasteiger partial charge in [0.25, 0.3) is 5.91 Å². The fourth-order valence-electron chi connectivity index (χ4n) is 2.42. The number of hydrogen-bond acceptors (Lipinski definition) is 4. The van der Waals surface area contributed by atoms with Crippen molar-refractivity contribution in [3.8, 4) is 0 Å². The summed E-state index contributed by atoms with van der Waals surface area (Å²) in [7, 11) is 0. The summed E-state index contributed by atoms with van der Waals surface area (Å²) >= 11 is 5.85. The van der Waals surface area contributed by atoms with Gasteiger partial charge in [-0.1, -0.05) is 35.9 Å². The largest absolute Gasteiger partial charge is 0.354 e. The Kier molecular flexibility index (Phi) is 6.33. The monoisotopic (exact) mass is 384 g/mol. The van der Waals surface area contributed by atoms with Gasteiger partial charge >= 0.3 is 0 Å². The molecule has 0 aliphatic rings. The Hall–Kier alpha value is -2.99. The topological polar surface area (TPSA) is 66.9 Å². The molecular weight excluding hydrogens is 367 g/mol. The highest BCUT2D eigenvalue weighted by Crippen LogP contribution is 2.09. The van der Waals surface area contributed by atoms with E-state index < -0.39 is 0 Å². The Morgan fingerprint density at radius 1 is 1.00 bits per heavy atom. The summed E-state index contributed by atoms with van der Waals surface area (Å²) in [6.07, 6.45) is 2.22. The van der Waals surface area contributed by atoms with Gasteiger partial charge in [0.15, 0.2) is 0 Å². The molecule has 0 aliphatic heterocycles. The zero-order valence-electron chi connectivity index (χ0n) is 14.5. The first kappa shape index (κ1) is 18.8. The molecule has 5 nitrogen and oxygen atoms in total. The molecule has 0 aliphatic carbocycles. The van der Waals surface area contributed by atoms with Gasteiger partial charge in [0.2, 0.25) is 5.95 Å². The number of rotatable bonds is 7. The maximum Gasteiger partial charge on any atom is 0.270 e. The van der Waals surface area contributed by atoms with Crippen molar-refractivity contribution in [3.63, 3.8) is 0 Å². The van der Waals surface area contributed by atoms with Crippen LogP contribution in [0, 0.1) is 5.82 Å². The second-order valence-electron chi connectivity index (χ2n) is 5.88. The number of carbonyl (C=O) groups excluding carboxylic acids is 1. The molecule has 0 spiro atoms. The minimum Gasteiger partial charge on any atom is -0.354 e. The van der Waals surface area contributed by atoms with E-state index in [-0.39, 0.29) is 17.4 Å². The van der Waals surface area contributed by atoms with E-state index >= 15 is 0 Å². The van der Waals surface area contributed by atoms with Crippen LogP contribution < -0.4 is 10.6 Å². The van der Waals surface area contributed by atoms with Crippen molar-refractivity contribution in [1.82, 2.24) is 15.3 Å². The first-order valence-corrected chi connectivity index (χ1v) is 8.82. The molecule has 3 aromatic rings. The normalized spacial score (nSPS) is 10.4. The number of nitrogens with one attached hydrogen (secondary N) is 2. The van der Waals surface area contributed by atoms with Gasteiger partial charge in [-0.3, -0.25) is 4.79 Å². The predicted molar refractivity (Wildman–Crippen MR) is 103 cm³/mol. The molecule has 0 atom stereocenters. The molecule has 0 radical (unpaired) electrons. The van der Waals surface area contributed by atoms with Crippen LogP contribution in [0.1, 0.15) is 21.6 Å². The van der Waals surface area contributed by atoms with Crippen LogP contribution in [-0.2, 0) is 13.0 Å². The van der Waals surface area contributed by atoms with E-state index in [9.17, 15) is 9.18 Å². The molecule has 2 aromatic carbocycles. The maximum atomic E-state index is 12.9. The van der Waals surface area contributed by atoms with Crippen molar-refractivity contribution >= 4 is 23.5 Å². The number of hydrogen-bond donors (Lipinski definition) is 2. The number of carbonyl (C=O) groups is 1. The van der Waals surface area contributed by atoms with Crippen molar-refractivity contribution in [2.45, 2.75) is 13.0 Å². The second kappa shape index (κ2) is 9.09. The lowest BCUT2D eigenvalue weighted by molar-refractivity contribution is 0.0946. The zero-order chi connectivity index (χ0) is 19.1. The van der Waals surface area contributed by atoms with E-state index in [2.05, 4.69) is 20.6 Å². The summed E-state index contributed by atoms with van der Waals surface area (Å²) in [6, 6.07) is 15.1. The fraction of sp³-hybridized carbons (Fsp3) is 0.150. The summed E-state index contributed by atoms with van der Waals surface area (Å²) in [5.74, 6) is -0.169. The van der Waals surface area contributed by atoms with Gasteiger partial charge < -0.3 is 10.6 Å². The highest BCUT2D eigenvalue weighted by Gasteiger charge is 2.08. The lowest BCUT2D eigenvalue weighted by atomic mass is 10.1. The molecule has 1 aromatic heterocycles. The molecule has 138 valence electrons. The molecule has 1 heterocycles. The smallest absolute Gasteiger partial charge is 0.270 e. The molecular formula is C20H18ClFN4O. The predicted octanol–water partition coefficient (Wildman–Crippen LogP) is 3.85. The third-order valence-electron chi connectivity index (χ3n) is 3.86. The van der Waals surface area contributed by atoms with Crippen LogP contribution in [0.2, 0.25) is 5.02 Å². The lowest BCUT2D eigenvalue weighted by Gasteiger charge is -2.08. The minimum absolute atomic E-state index is 0.257. The van der Waals surface area contributed by atoms with Crippen molar-refractivity contribution in [3.05, 3.63) is 88.5 Å². The fourth-order valence-corrected chi connectivity index (χ4v) is 2.54. The molecule has 0 bridgehead atoms. The van der Waals surface area contributed by atoms with Crippen LogP contribution in [0.4, 0.5) is 10.3 Å². The standard InChI is InChI=1S/C20H18ClFN4O/c21-16-5-1-15(2-6-16)13-25-19(27)18-10-12-24-20(26-18)23-11-9-14-3-7-17(22)8-4-14/h1-8,10,12H,9,11,13H2,(H,25,27)(H,23,24,26). The number of benzene rings is 2. The Labute approximate surface area is 161 Å². The van der Waals surface area contributed by atoms with E-state index in [4.69, 9.17) is 11.6 Å². The molecule has 0 unspecified atom stereocenters. The van der Waals surface area contributed by atoms with Gasteiger partial charge in [0.1, 0.15) is 11.5 Å². The lowest BCUT2D eigenvalue weighted by Crippen LogP contribution is -2.24. The first-order valence-electron chi connectivity index (χ1n) is 8.44. The third kappa shape index (κ3) is 5.76. The van der Waals surface area contributed by atoms with Gasteiger partial charge in [-0.2, -0.15) is 0 Å². The maximum absolute atomic E-state index is 12.9. The second-order valence-corrected chi connectivity index (χ2v) is 6.31. The molecule has 27 heavy (non-hydrogen) atoms. The van der Waals surface area contributed by atoms with Crippen LogP contribution in [0.3, 0.4) is 0 Å². The Bertz CT molecular complexity index is 901. The van der Waals surface area contributed by atoms with Crippen LogP contribution in [-0.4, -0.2) is 22.4 Å². The van der Waals surface area contributed by atoms with Crippen LogP contribution in [0.25, 0.3) is 0 Å². The van der Waals surface area contributed by atoms with E-state index in [0.29, 0.717) is 30.5 Å². The van der Waals surface area contributed by atoms with Crippen molar-refractivity contribution in [2.24, 2.45) is 0 Å². The van der Waals surface area contributed by atoms with E-state index in [1.165, 1.54) is 18.3 Å². The van der Waals surface area contributed by atoms with Gasteiger partial charge in [0, 0.05) is 24.3 Å². The highest BCUT2D eigenvalue weighted by molar-refractivity contribution is 6.30. The quantitative estimate of drug-likeness (QED) is 0.649. The van der Waals surface area contributed by atoms with Gasteiger partial charge in [-0.15, -0.1) is 0 Å². The summed E-state index contributed by atoms with van der Waals surface area (Å²) in [5, 5.41) is 6.54. The summed E-state index contributed by atoms with van der Waals surface area (Å²) < 4.78 is 12.9. The van der Waals surface area contributed by atoms with Crippen LogP contribution >= 0.6 is 11.6 Å². The number of nitrogens with zero attached hydrogens (tertiary/aromatic N) is 2. The van der Waals surface area contributed by atoms with Crippen molar-refractivity contribution in [1.29, 1.82) is 0 Å². The van der Waals surface area contributed by atoms with Crippen molar-refractivity contribution in [2.75, 3.05) is 11.9 Å². The molecule has 2 N–H and O–H groups in total. The van der Waals surface area contributed by atoms with Crippen LogP contribution in [0.5, 0.6) is 0 Å². The minimum atomic E-state index is -0.283. The van der Waals surface area contributed by atoms with Crippen molar-refractivity contribution < 1.29 is 9.18 Å². The molecule has 3 rings (SSSR count). The molecule has 1 amide bonds. The van der Waals surface area contributed by atoms with E-state index in [1.54, 1.807) is 30.3 Å². The zero-order valence-corrected chi connectivity index (χ0v) is 15.2. The number of amides is 1. The Morgan fingerprint density at radius 2 is 1.70 bits per heavy atom. The Morgan fingerprint density at radius 3 is 2.44 bits per heavy atom. The summed E-state index contributed by atoms with van der Waals surface area (Å²) in [6.45, 7) is 0.953. The third-order valence-corrected chi connectivity index (χ3v) is 4.12. The van der Waals surface area contributed by atoms with Gasteiger partial charge in [-0.05, 0) is 47.9 Å². The summed E-state index contributed by atoms with van der Waals surface area (Å²) in [4.78, 5) is 20.6. The highest BCUT2D eigenvalue weighted by atomic mass is 35.5. The SMILES string of the molecule is O=C(NCc1ccc(Cl)cc1)c1ccnc(NCCc2ccc(F)cc2)n1. The molecule has 7 heteroatoms. The number of anilines is 1. The van der Waals surface area contributed by atoms with E-state index in [1.807, 2.05) is 12.1 Å². The molecule has 0 saturated carbocycles. The molecule has 0 saturated heterocycles. The van der Waals surface area contributed by atoms with Gasteiger partial charge in [0.05, 0.1) is 0 Å². The van der Waals surface area contributed by atoms with Gasteiger partial charge in [-0.25, -0.2) is 14.4 Å². The average molecular weight is 385 g/mol. The average Bonchev–Trinajstić information content (AvgIpc) is 2.69.